The Hall–Kier alpha value is -1.97. The number of aliphatic carboxylic acids is 1. The molecule has 0 aromatic carbocycles. The highest BCUT2D eigenvalue weighted by Crippen LogP contribution is 2.26. The predicted octanol–water partition coefficient (Wildman–Crippen LogP) is 2.86. The van der Waals surface area contributed by atoms with E-state index in [1.807, 2.05) is 16.8 Å². The van der Waals surface area contributed by atoms with E-state index in [0.717, 1.165) is 10.6 Å². The normalized spacial score (nSPS) is 11.1. The Bertz CT molecular complexity index is 606. The molecule has 0 saturated heterocycles. The van der Waals surface area contributed by atoms with E-state index in [4.69, 9.17) is 10.4 Å². The van der Waals surface area contributed by atoms with Gasteiger partial charge in [-0.3, -0.25) is 0 Å². The second-order valence-corrected chi connectivity index (χ2v) is 4.70. The molecule has 0 amide bonds. The molecule has 2 heterocycles. The van der Waals surface area contributed by atoms with Crippen LogP contribution in [-0.4, -0.2) is 16.1 Å². The van der Waals surface area contributed by atoms with Gasteiger partial charge in [0.15, 0.2) is 0 Å². The second-order valence-electron chi connectivity index (χ2n) is 3.06. The van der Waals surface area contributed by atoms with E-state index in [2.05, 4.69) is 4.98 Å². The number of thiazole rings is 1. The maximum Gasteiger partial charge on any atom is 0.346 e. The van der Waals surface area contributed by atoms with Crippen LogP contribution in [0.25, 0.3) is 16.6 Å². The molecule has 0 fully saturated rings. The maximum atomic E-state index is 10.7. The van der Waals surface area contributed by atoms with Gasteiger partial charge in [-0.05, 0) is 17.5 Å². The molecule has 1 N–H and O–H groups in total. The Labute approximate surface area is 105 Å². The van der Waals surface area contributed by atoms with Gasteiger partial charge in [0.05, 0.1) is 5.69 Å². The van der Waals surface area contributed by atoms with Crippen LogP contribution in [0.15, 0.2) is 27.8 Å². The molecule has 0 aliphatic carbocycles. The van der Waals surface area contributed by atoms with E-state index in [-0.39, 0.29) is 5.57 Å². The first kappa shape index (κ1) is 11.5. The number of carboxylic acid groups (broad SMARTS) is 1. The lowest BCUT2D eigenvalue weighted by Gasteiger charge is -1.88. The zero-order chi connectivity index (χ0) is 12.3. The minimum atomic E-state index is -1.24. The van der Waals surface area contributed by atoms with Crippen LogP contribution >= 0.6 is 22.7 Å². The van der Waals surface area contributed by atoms with Crippen LogP contribution in [0.3, 0.4) is 0 Å². The highest BCUT2D eigenvalue weighted by atomic mass is 32.1. The molecular weight excluding hydrogens is 256 g/mol. The summed E-state index contributed by atoms with van der Waals surface area (Å²) in [6.45, 7) is 0. The van der Waals surface area contributed by atoms with Gasteiger partial charge in [0.25, 0.3) is 0 Å². The standard InChI is InChI=1S/C11H6N2O2S2/c12-4-8(11(14)15)3-9-6-17-10(13-9)7-1-2-16-5-7/h1-3,5-6H,(H,14,15)/b8-3+. The highest BCUT2D eigenvalue weighted by Gasteiger charge is 2.08. The van der Waals surface area contributed by atoms with Crippen LogP contribution in [0.2, 0.25) is 0 Å². The minimum absolute atomic E-state index is 0.313. The minimum Gasteiger partial charge on any atom is -0.477 e. The molecule has 84 valence electrons. The van der Waals surface area contributed by atoms with Crippen LogP contribution in [0.5, 0.6) is 0 Å². The Morgan fingerprint density at radius 1 is 1.53 bits per heavy atom. The van der Waals surface area contributed by atoms with Crippen molar-refractivity contribution in [2.75, 3.05) is 0 Å². The number of hydrogen-bond donors (Lipinski definition) is 1. The quantitative estimate of drug-likeness (QED) is 0.681. The van der Waals surface area contributed by atoms with Crippen molar-refractivity contribution in [2.45, 2.75) is 0 Å². The maximum absolute atomic E-state index is 10.7. The summed E-state index contributed by atoms with van der Waals surface area (Å²) in [5, 5.41) is 23.8. The van der Waals surface area contributed by atoms with E-state index in [1.165, 1.54) is 17.4 Å². The molecule has 0 bridgehead atoms. The smallest absolute Gasteiger partial charge is 0.346 e. The van der Waals surface area contributed by atoms with Crippen LogP contribution in [0.4, 0.5) is 0 Å². The number of carboxylic acids is 1. The van der Waals surface area contributed by atoms with E-state index in [1.54, 1.807) is 22.8 Å². The summed E-state index contributed by atoms with van der Waals surface area (Å²) >= 11 is 2.99. The number of hydrogen-bond acceptors (Lipinski definition) is 5. The van der Waals surface area contributed by atoms with Gasteiger partial charge in [-0.15, -0.1) is 11.3 Å². The lowest BCUT2D eigenvalue weighted by Crippen LogP contribution is -1.97. The van der Waals surface area contributed by atoms with Crippen molar-refractivity contribution in [1.29, 1.82) is 5.26 Å². The molecule has 0 radical (unpaired) electrons. The van der Waals surface area contributed by atoms with Gasteiger partial charge < -0.3 is 5.11 Å². The first-order chi connectivity index (χ1) is 8.20. The lowest BCUT2D eigenvalue weighted by atomic mass is 10.2. The predicted molar refractivity (Wildman–Crippen MR) is 66.7 cm³/mol. The van der Waals surface area contributed by atoms with Crippen molar-refractivity contribution in [2.24, 2.45) is 0 Å². The molecule has 0 unspecified atom stereocenters. The molecule has 4 nitrogen and oxygen atoms in total. The molecule has 0 aliphatic heterocycles. The van der Waals surface area contributed by atoms with Gasteiger partial charge in [0.2, 0.25) is 0 Å². The molecule has 0 atom stereocenters. The number of nitriles is 1. The van der Waals surface area contributed by atoms with Gasteiger partial charge in [-0.2, -0.15) is 16.6 Å². The average Bonchev–Trinajstić information content (AvgIpc) is 2.95. The molecule has 2 aromatic rings. The molecule has 2 rings (SSSR count). The highest BCUT2D eigenvalue weighted by molar-refractivity contribution is 7.14. The van der Waals surface area contributed by atoms with Gasteiger partial charge >= 0.3 is 5.97 Å². The summed E-state index contributed by atoms with van der Waals surface area (Å²) < 4.78 is 0. The summed E-state index contributed by atoms with van der Waals surface area (Å²) in [4.78, 5) is 14.9. The van der Waals surface area contributed by atoms with Crippen molar-refractivity contribution in [1.82, 2.24) is 4.98 Å². The van der Waals surface area contributed by atoms with E-state index >= 15 is 0 Å². The Morgan fingerprint density at radius 2 is 2.35 bits per heavy atom. The number of rotatable bonds is 3. The third kappa shape index (κ3) is 2.58. The van der Waals surface area contributed by atoms with Crippen LogP contribution in [-0.2, 0) is 4.79 Å². The Balaban J connectivity index is 2.31. The summed E-state index contributed by atoms with van der Waals surface area (Å²) in [7, 11) is 0. The fourth-order valence-electron chi connectivity index (χ4n) is 1.16. The van der Waals surface area contributed by atoms with E-state index < -0.39 is 5.97 Å². The van der Waals surface area contributed by atoms with E-state index in [0.29, 0.717) is 5.69 Å². The monoisotopic (exact) mass is 262 g/mol. The van der Waals surface area contributed by atoms with E-state index in [9.17, 15) is 4.79 Å². The van der Waals surface area contributed by atoms with Crippen molar-refractivity contribution < 1.29 is 9.90 Å². The van der Waals surface area contributed by atoms with Gasteiger partial charge in [-0.1, -0.05) is 0 Å². The zero-order valence-corrected chi connectivity index (χ0v) is 10.1. The van der Waals surface area contributed by atoms with Crippen molar-refractivity contribution in [3.63, 3.8) is 0 Å². The molecule has 0 aliphatic rings. The molecule has 17 heavy (non-hydrogen) atoms. The number of aromatic nitrogens is 1. The first-order valence-corrected chi connectivity index (χ1v) is 6.36. The molecule has 0 saturated carbocycles. The fraction of sp³-hybridized carbons (Fsp3) is 0. The van der Waals surface area contributed by atoms with Crippen LogP contribution < -0.4 is 0 Å². The van der Waals surface area contributed by atoms with Gasteiger partial charge in [0.1, 0.15) is 16.6 Å². The summed E-state index contributed by atoms with van der Waals surface area (Å²) in [6.07, 6.45) is 1.27. The Morgan fingerprint density at radius 3 is 2.94 bits per heavy atom. The molecule has 2 aromatic heterocycles. The molecular formula is C11H6N2O2S2. The van der Waals surface area contributed by atoms with Crippen LogP contribution in [0, 0.1) is 11.3 Å². The SMILES string of the molecule is N#C/C(=C\c1csc(-c2ccsc2)n1)C(=O)O. The van der Waals surface area contributed by atoms with Crippen molar-refractivity contribution in [3.8, 4) is 16.6 Å². The van der Waals surface area contributed by atoms with Crippen molar-refractivity contribution >= 4 is 34.7 Å². The summed E-state index contributed by atoms with van der Waals surface area (Å²) in [6, 6.07) is 3.57. The number of nitrogens with zero attached hydrogens (tertiary/aromatic N) is 2. The summed E-state index contributed by atoms with van der Waals surface area (Å²) in [5.74, 6) is -1.24. The third-order valence-electron chi connectivity index (χ3n) is 1.93. The first-order valence-electron chi connectivity index (χ1n) is 4.54. The fourth-order valence-corrected chi connectivity index (χ4v) is 2.65. The van der Waals surface area contributed by atoms with Gasteiger partial charge in [-0.25, -0.2) is 9.78 Å². The van der Waals surface area contributed by atoms with Gasteiger partial charge in [0, 0.05) is 16.3 Å². The molecule has 0 spiro atoms. The van der Waals surface area contributed by atoms with Crippen LogP contribution in [0.1, 0.15) is 5.69 Å². The lowest BCUT2D eigenvalue weighted by molar-refractivity contribution is -0.132. The number of thiophene rings is 1. The topological polar surface area (TPSA) is 74.0 Å². The van der Waals surface area contributed by atoms with Crippen molar-refractivity contribution in [3.05, 3.63) is 33.5 Å². The third-order valence-corrected chi connectivity index (χ3v) is 3.53. The molecule has 6 heteroatoms. The summed E-state index contributed by atoms with van der Waals surface area (Å²) in [5.41, 5.74) is 1.19. The second kappa shape index (κ2) is 4.91. The zero-order valence-electron chi connectivity index (χ0n) is 8.45. The number of carbonyl (C=O) groups is 1. The Kier molecular flexibility index (Phi) is 3.32. The largest absolute Gasteiger partial charge is 0.477 e. The average molecular weight is 262 g/mol.